The Labute approximate surface area is 275 Å². The molecule has 0 bridgehead atoms. The van der Waals surface area contributed by atoms with Gasteiger partial charge in [0, 0.05) is 21.5 Å². The van der Waals surface area contributed by atoms with Gasteiger partial charge in [0.1, 0.15) is 11.4 Å². The molecule has 3 aromatic carbocycles. The largest absolute Gasteiger partial charge is 0.494 e. The number of carbonyl (C=O) groups excluding carboxylic acids is 4. The highest BCUT2D eigenvalue weighted by atomic mass is 32.2. The SMILES string of the molecule is CCOC(=O)Cc1csc(NC(=O)C(C)Sc2cccc(NC(=O)/C(=C\c3ccc(OCC)cc3)NC(=O)c3ccccc3)c2)n1. The second-order valence-electron chi connectivity index (χ2n) is 9.74. The molecule has 3 N–H and O–H groups in total. The van der Waals surface area contributed by atoms with E-state index in [1.807, 2.05) is 13.0 Å². The highest BCUT2D eigenvalue weighted by molar-refractivity contribution is 8.00. The Morgan fingerprint density at radius 1 is 0.935 bits per heavy atom. The number of aromatic nitrogens is 1. The van der Waals surface area contributed by atoms with Crippen LogP contribution >= 0.6 is 23.1 Å². The van der Waals surface area contributed by atoms with Gasteiger partial charge in [-0.05, 0) is 74.9 Å². The maximum atomic E-state index is 13.5. The van der Waals surface area contributed by atoms with E-state index in [9.17, 15) is 19.2 Å². The predicted octanol–water partition coefficient (Wildman–Crippen LogP) is 6.18. The van der Waals surface area contributed by atoms with Crippen molar-refractivity contribution in [2.24, 2.45) is 0 Å². The third-order valence-electron chi connectivity index (χ3n) is 6.22. The molecule has 4 rings (SSSR count). The fourth-order valence-corrected chi connectivity index (χ4v) is 5.69. The normalized spacial score (nSPS) is 11.7. The Morgan fingerprint density at radius 3 is 2.41 bits per heavy atom. The van der Waals surface area contributed by atoms with Crippen LogP contribution in [0.3, 0.4) is 0 Å². The first-order chi connectivity index (χ1) is 22.2. The van der Waals surface area contributed by atoms with E-state index in [0.717, 1.165) is 4.90 Å². The smallest absolute Gasteiger partial charge is 0.311 e. The molecule has 12 heteroatoms. The summed E-state index contributed by atoms with van der Waals surface area (Å²) in [5.41, 5.74) is 2.16. The van der Waals surface area contributed by atoms with Crippen LogP contribution in [0.1, 0.15) is 42.4 Å². The molecule has 0 aliphatic carbocycles. The molecule has 0 saturated carbocycles. The van der Waals surface area contributed by atoms with Gasteiger partial charge in [0.15, 0.2) is 5.13 Å². The van der Waals surface area contributed by atoms with Crippen molar-refractivity contribution >= 4 is 63.7 Å². The van der Waals surface area contributed by atoms with E-state index >= 15 is 0 Å². The van der Waals surface area contributed by atoms with Gasteiger partial charge in [0.25, 0.3) is 11.8 Å². The molecule has 0 aliphatic heterocycles. The second kappa shape index (κ2) is 16.9. The quantitative estimate of drug-likeness (QED) is 0.0831. The molecular formula is C34H34N4O6S2. The Kier molecular flexibility index (Phi) is 12.5. The maximum Gasteiger partial charge on any atom is 0.311 e. The van der Waals surface area contributed by atoms with Gasteiger partial charge >= 0.3 is 5.97 Å². The summed E-state index contributed by atoms with van der Waals surface area (Å²) in [5.74, 6) is -0.889. The molecule has 0 saturated heterocycles. The molecule has 4 aromatic rings. The lowest BCUT2D eigenvalue weighted by Gasteiger charge is -2.14. The number of hydrogen-bond acceptors (Lipinski definition) is 9. The minimum absolute atomic E-state index is 0.0378. The average Bonchev–Trinajstić information content (AvgIpc) is 3.48. The molecule has 0 fully saturated rings. The first-order valence-electron chi connectivity index (χ1n) is 14.5. The van der Waals surface area contributed by atoms with E-state index in [2.05, 4.69) is 20.9 Å². The molecule has 10 nitrogen and oxygen atoms in total. The number of nitrogens with zero attached hydrogens (tertiary/aromatic N) is 1. The highest BCUT2D eigenvalue weighted by Gasteiger charge is 2.19. The maximum absolute atomic E-state index is 13.5. The van der Waals surface area contributed by atoms with Crippen LogP contribution in [0, 0.1) is 0 Å². The monoisotopic (exact) mass is 658 g/mol. The molecule has 1 unspecified atom stereocenters. The van der Waals surface area contributed by atoms with Crippen LogP contribution in [0.4, 0.5) is 10.8 Å². The lowest BCUT2D eigenvalue weighted by Crippen LogP contribution is -2.30. The van der Waals surface area contributed by atoms with Crippen molar-refractivity contribution < 1.29 is 28.7 Å². The summed E-state index contributed by atoms with van der Waals surface area (Å²) in [5, 5.41) is 9.97. The minimum atomic E-state index is -0.520. The molecule has 1 heterocycles. The molecule has 1 atom stereocenters. The van der Waals surface area contributed by atoms with Crippen LogP contribution in [-0.4, -0.2) is 47.1 Å². The van der Waals surface area contributed by atoms with Crippen LogP contribution in [0.25, 0.3) is 6.08 Å². The van der Waals surface area contributed by atoms with Crippen molar-refractivity contribution in [3.05, 3.63) is 107 Å². The minimum Gasteiger partial charge on any atom is -0.494 e. The van der Waals surface area contributed by atoms with Gasteiger partial charge in [-0.25, -0.2) is 4.98 Å². The fraction of sp³-hybridized carbons (Fsp3) is 0.206. The standard InChI is InChI=1S/C34H34N4O6S2/c1-4-43-27-16-14-23(15-17-27)18-29(37-32(41)24-10-7-6-8-11-24)33(42)35-25-12-9-13-28(19-25)46-22(3)31(40)38-34-36-26(21-45-34)20-30(39)44-5-2/h6-19,21-22H,4-5,20H2,1-3H3,(H,35,42)(H,37,41)(H,36,38,40)/b29-18+. The predicted molar refractivity (Wildman–Crippen MR) is 181 cm³/mol. The topological polar surface area (TPSA) is 136 Å². The molecular weight excluding hydrogens is 625 g/mol. The van der Waals surface area contributed by atoms with Crippen LogP contribution in [0.2, 0.25) is 0 Å². The first kappa shape index (κ1) is 33.9. The molecule has 46 heavy (non-hydrogen) atoms. The first-order valence-corrected chi connectivity index (χ1v) is 16.3. The summed E-state index contributed by atoms with van der Waals surface area (Å²) in [6, 6.07) is 22.9. The zero-order chi connectivity index (χ0) is 32.9. The third kappa shape index (κ3) is 10.3. The number of nitrogens with one attached hydrogen (secondary N) is 3. The number of rotatable bonds is 14. The third-order valence-corrected chi connectivity index (χ3v) is 8.12. The van der Waals surface area contributed by atoms with Crippen molar-refractivity contribution in [2.75, 3.05) is 23.8 Å². The summed E-state index contributed by atoms with van der Waals surface area (Å²) in [6.07, 6.45) is 1.63. The zero-order valence-electron chi connectivity index (χ0n) is 25.6. The number of benzene rings is 3. The van der Waals surface area contributed by atoms with Gasteiger partial charge in [-0.1, -0.05) is 36.4 Å². The van der Waals surface area contributed by atoms with Crippen molar-refractivity contribution in [2.45, 2.75) is 37.3 Å². The van der Waals surface area contributed by atoms with Gasteiger partial charge in [0.05, 0.1) is 30.6 Å². The fourth-order valence-electron chi connectivity index (χ4n) is 4.05. The summed E-state index contributed by atoms with van der Waals surface area (Å²) < 4.78 is 10.4. The molecule has 0 radical (unpaired) electrons. The van der Waals surface area contributed by atoms with Crippen LogP contribution in [0.15, 0.2) is 94.8 Å². The zero-order valence-corrected chi connectivity index (χ0v) is 27.2. The number of amides is 3. The van der Waals surface area contributed by atoms with E-state index in [1.54, 1.807) is 98.1 Å². The van der Waals surface area contributed by atoms with Crippen molar-refractivity contribution in [3.8, 4) is 5.75 Å². The summed E-state index contributed by atoms with van der Waals surface area (Å²) in [7, 11) is 0. The van der Waals surface area contributed by atoms with Crippen molar-refractivity contribution in [1.82, 2.24) is 10.3 Å². The summed E-state index contributed by atoms with van der Waals surface area (Å²) in [4.78, 5) is 56.1. The number of carbonyl (C=O) groups is 4. The summed E-state index contributed by atoms with van der Waals surface area (Å²) in [6.45, 7) is 6.21. The number of thiazole rings is 1. The van der Waals surface area contributed by atoms with Gasteiger partial charge in [-0.3, -0.25) is 19.2 Å². The van der Waals surface area contributed by atoms with Crippen molar-refractivity contribution in [1.29, 1.82) is 0 Å². The lowest BCUT2D eigenvalue weighted by atomic mass is 10.1. The number of esters is 1. The molecule has 3 amide bonds. The van der Waals surface area contributed by atoms with E-state index in [4.69, 9.17) is 9.47 Å². The van der Waals surface area contributed by atoms with E-state index < -0.39 is 17.1 Å². The molecule has 1 aromatic heterocycles. The Balaban J connectivity index is 1.43. The highest BCUT2D eigenvalue weighted by Crippen LogP contribution is 2.27. The Bertz CT molecular complexity index is 1690. The Hall–Kier alpha value is -4.94. The van der Waals surface area contributed by atoms with Gasteiger partial charge < -0.3 is 25.4 Å². The van der Waals surface area contributed by atoms with Crippen LogP contribution in [-0.2, 0) is 25.5 Å². The Morgan fingerprint density at radius 2 is 1.70 bits per heavy atom. The van der Waals surface area contributed by atoms with E-state index in [1.165, 1.54) is 23.1 Å². The second-order valence-corrected chi connectivity index (χ2v) is 12.0. The molecule has 0 aliphatic rings. The number of ether oxygens (including phenoxy) is 2. The van der Waals surface area contributed by atoms with E-state index in [-0.39, 0.29) is 24.0 Å². The van der Waals surface area contributed by atoms with E-state index in [0.29, 0.717) is 46.6 Å². The van der Waals surface area contributed by atoms with Gasteiger partial charge in [-0.2, -0.15) is 0 Å². The molecule has 0 spiro atoms. The number of hydrogen-bond donors (Lipinski definition) is 3. The van der Waals surface area contributed by atoms with Gasteiger partial charge in [0.2, 0.25) is 5.91 Å². The number of thioether (sulfide) groups is 1. The van der Waals surface area contributed by atoms with Crippen molar-refractivity contribution in [3.63, 3.8) is 0 Å². The number of anilines is 2. The van der Waals surface area contributed by atoms with Gasteiger partial charge in [-0.15, -0.1) is 23.1 Å². The summed E-state index contributed by atoms with van der Waals surface area (Å²) >= 11 is 2.53. The lowest BCUT2D eigenvalue weighted by molar-refractivity contribution is -0.142. The molecule has 238 valence electrons. The average molecular weight is 659 g/mol. The van der Waals surface area contributed by atoms with Crippen LogP contribution in [0.5, 0.6) is 5.75 Å². The van der Waals surface area contributed by atoms with Crippen LogP contribution < -0.4 is 20.7 Å².